The van der Waals surface area contributed by atoms with E-state index < -0.39 is 17.2 Å². The van der Waals surface area contributed by atoms with Gasteiger partial charge in [0.15, 0.2) is 0 Å². The smallest absolute Gasteiger partial charge is 0.407 e. The number of hydrogen-bond acceptors (Lipinski definition) is 3. The minimum Gasteiger partial charge on any atom is -0.444 e. The molecule has 6 heteroatoms. The molecule has 0 aromatic heterocycles. The molecule has 1 amide bonds. The highest BCUT2D eigenvalue weighted by molar-refractivity contribution is 5.68. The van der Waals surface area contributed by atoms with Gasteiger partial charge in [0.05, 0.1) is 0 Å². The van der Waals surface area contributed by atoms with Gasteiger partial charge in [0, 0.05) is 12.6 Å². The molecule has 124 valence electrons. The third-order valence-electron chi connectivity index (χ3n) is 2.82. The number of nitrogens with one attached hydrogen (secondary N) is 2. The minimum absolute atomic E-state index is 0.221. The molecule has 0 bridgehead atoms. The highest BCUT2D eigenvalue weighted by Gasteiger charge is 2.20. The number of hydrogen-bond donors (Lipinski definition) is 2. The Hall–Kier alpha value is -1.69. The van der Waals surface area contributed by atoms with Gasteiger partial charge >= 0.3 is 6.09 Å². The quantitative estimate of drug-likeness (QED) is 0.837. The van der Waals surface area contributed by atoms with Crippen LogP contribution < -0.4 is 10.6 Å². The van der Waals surface area contributed by atoms with Crippen molar-refractivity contribution in [2.45, 2.75) is 45.3 Å². The predicted molar refractivity (Wildman–Crippen MR) is 81.6 cm³/mol. The van der Waals surface area contributed by atoms with Gasteiger partial charge < -0.3 is 15.4 Å². The summed E-state index contributed by atoms with van der Waals surface area (Å²) in [6.07, 6.45) is 1.83. The molecule has 22 heavy (non-hydrogen) atoms. The second-order valence-corrected chi connectivity index (χ2v) is 6.13. The fourth-order valence-electron chi connectivity index (χ4n) is 1.88. The average Bonchev–Trinajstić information content (AvgIpc) is 2.42. The summed E-state index contributed by atoms with van der Waals surface area (Å²) in [4.78, 5) is 11.4. The number of piperidine rings is 1. The van der Waals surface area contributed by atoms with Gasteiger partial charge in [0.2, 0.25) is 0 Å². The summed E-state index contributed by atoms with van der Waals surface area (Å²) >= 11 is 0. The number of carbonyl (C=O) groups excluding carboxylic acids is 1. The second kappa shape index (κ2) is 8.68. The maximum atomic E-state index is 11.9. The van der Waals surface area contributed by atoms with Crippen LogP contribution in [0.1, 0.15) is 33.6 Å². The van der Waals surface area contributed by atoms with E-state index in [1.807, 2.05) is 20.8 Å². The molecule has 4 nitrogen and oxygen atoms in total. The molecular weight excluding hydrogens is 290 g/mol. The number of ether oxygens (including phenoxy) is 1. The summed E-state index contributed by atoms with van der Waals surface area (Å²) in [6.45, 7) is 7.49. The van der Waals surface area contributed by atoms with Crippen LogP contribution in [0.4, 0.5) is 13.6 Å². The third-order valence-corrected chi connectivity index (χ3v) is 2.82. The largest absolute Gasteiger partial charge is 0.444 e. The van der Waals surface area contributed by atoms with E-state index in [0.717, 1.165) is 50.2 Å². The Balaban J connectivity index is 0.000000255. The topological polar surface area (TPSA) is 50.4 Å². The Morgan fingerprint density at radius 2 is 1.77 bits per heavy atom. The number of benzene rings is 1. The number of carbonyl (C=O) groups is 1. The first kappa shape index (κ1) is 18.4. The Morgan fingerprint density at radius 1 is 1.23 bits per heavy atom. The zero-order valence-corrected chi connectivity index (χ0v) is 13.3. The number of alkyl carbamates (subject to hydrolysis) is 1. The van der Waals surface area contributed by atoms with Gasteiger partial charge in [-0.3, -0.25) is 0 Å². The zero-order valence-electron chi connectivity index (χ0n) is 13.3. The lowest BCUT2D eigenvalue weighted by Crippen LogP contribution is -2.47. The normalized spacial score (nSPS) is 18.0. The lowest BCUT2D eigenvalue weighted by Gasteiger charge is -2.26. The Morgan fingerprint density at radius 3 is 2.18 bits per heavy atom. The monoisotopic (exact) mass is 314 g/mol. The van der Waals surface area contributed by atoms with E-state index in [4.69, 9.17) is 4.74 Å². The van der Waals surface area contributed by atoms with Gasteiger partial charge in [-0.25, -0.2) is 13.6 Å². The van der Waals surface area contributed by atoms with E-state index in [1.54, 1.807) is 0 Å². The maximum absolute atomic E-state index is 11.9. The summed E-state index contributed by atoms with van der Waals surface area (Å²) in [6, 6.07) is 4.54. The van der Waals surface area contributed by atoms with E-state index in [0.29, 0.717) is 0 Å². The lowest BCUT2D eigenvalue weighted by atomic mass is 10.1. The fraction of sp³-hybridized carbons (Fsp3) is 0.562. The van der Waals surface area contributed by atoms with Crippen LogP contribution in [-0.4, -0.2) is 30.8 Å². The van der Waals surface area contributed by atoms with Gasteiger partial charge in [-0.05, 0) is 64.4 Å². The Kier molecular flexibility index (Phi) is 7.24. The van der Waals surface area contributed by atoms with Gasteiger partial charge in [-0.1, -0.05) is 0 Å². The molecule has 1 fully saturated rings. The molecule has 0 saturated carbocycles. The molecule has 1 unspecified atom stereocenters. The van der Waals surface area contributed by atoms with E-state index >= 15 is 0 Å². The molecule has 1 aromatic rings. The second-order valence-electron chi connectivity index (χ2n) is 6.13. The number of halogens is 2. The highest BCUT2D eigenvalue weighted by atomic mass is 19.1. The molecule has 1 atom stereocenters. The standard InChI is InChI=1S/C10H20N2O2.C6H4F2/c1-10(2,3)14-9(13)12-8-5-4-6-11-7-8;7-5-1-2-6(8)4-3-5/h8,11H,4-7H2,1-3H3,(H,12,13);1-4H. The van der Waals surface area contributed by atoms with Crippen LogP contribution in [0.3, 0.4) is 0 Å². The van der Waals surface area contributed by atoms with Crippen LogP contribution in [0.2, 0.25) is 0 Å². The molecule has 2 rings (SSSR count). The van der Waals surface area contributed by atoms with E-state index in [9.17, 15) is 13.6 Å². The first-order valence-electron chi connectivity index (χ1n) is 7.37. The Labute approximate surface area is 130 Å². The van der Waals surface area contributed by atoms with Crippen molar-refractivity contribution in [2.75, 3.05) is 13.1 Å². The van der Waals surface area contributed by atoms with Crippen LogP contribution in [0, 0.1) is 11.6 Å². The summed E-state index contributed by atoms with van der Waals surface area (Å²) in [5.74, 6) is -0.821. The molecule has 1 aromatic carbocycles. The molecule has 0 radical (unpaired) electrons. The van der Waals surface area contributed by atoms with Crippen molar-refractivity contribution in [3.63, 3.8) is 0 Å². The molecule has 1 heterocycles. The summed E-state index contributed by atoms with van der Waals surface area (Å²) < 4.78 is 29.0. The van der Waals surface area contributed by atoms with Crippen molar-refractivity contribution in [2.24, 2.45) is 0 Å². The Bertz CT molecular complexity index is 431. The molecule has 1 aliphatic rings. The van der Waals surface area contributed by atoms with Crippen LogP contribution in [0.5, 0.6) is 0 Å². The lowest BCUT2D eigenvalue weighted by molar-refractivity contribution is 0.0497. The maximum Gasteiger partial charge on any atom is 0.407 e. The van der Waals surface area contributed by atoms with E-state index in [1.165, 1.54) is 0 Å². The zero-order chi connectivity index (χ0) is 16.6. The highest BCUT2D eigenvalue weighted by Crippen LogP contribution is 2.08. The van der Waals surface area contributed by atoms with Crippen LogP contribution in [-0.2, 0) is 4.74 Å². The van der Waals surface area contributed by atoms with Crippen molar-refractivity contribution in [1.29, 1.82) is 0 Å². The van der Waals surface area contributed by atoms with Crippen molar-refractivity contribution in [3.05, 3.63) is 35.9 Å². The minimum atomic E-state index is -0.411. The summed E-state index contributed by atoms with van der Waals surface area (Å²) in [7, 11) is 0. The first-order chi connectivity index (χ1) is 10.3. The molecule has 0 aliphatic carbocycles. The van der Waals surface area contributed by atoms with Crippen molar-refractivity contribution < 1.29 is 18.3 Å². The van der Waals surface area contributed by atoms with Crippen molar-refractivity contribution >= 4 is 6.09 Å². The fourth-order valence-corrected chi connectivity index (χ4v) is 1.88. The van der Waals surface area contributed by atoms with Crippen LogP contribution in [0.15, 0.2) is 24.3 Å². The van der Waals surface area contributed by atoms with Gasteiger partial charge in [-0.2, -0.15) is 0 Å². The summed E-state index contributed by atoms with van der Waals surface area (Å²) in [5.41, 5.74) is -0.411. The third kappa shape index (κ3) is 8.56. The predicted octanol–water partition coefficient (Wildman–Crippen LogP) is 3.23. The molecule has 1 aliphatic heterocycles. The number of rotatable bonds is 1. The summed E-state index contributed by atoms with van der Waals surface area (Å²) in [5, 5.41) is 6.08. The van der Waals surface area contributed by atoms with E-state index in [2.05, 4.69) is 10.6 Å². The van der Waals surface area contributed by atoms with Gasteiger partial charge in [-0.15, -0.1) is 0 Å². The van der Waals surface area contributed by atoms with Gasteiger partial charge in [0.25, 0.3) is 0 Å². The average molecular weight is 314 g/mol. The van der Waals surface area contributed by atoms with Crippen LogP contribution >= 0.6 is 0 Å². The van der Waals surface area contributed by atoms with Crippen molar-refractivity contribution in [3.8, 4) is 0 Å². The van der Waals surface area contributed by atoms with Gasteiger partial charge in [0.1, 0.15) is 17.2 Å². The van der Waals surface area contributed by atoms with Crippen LogP contribution in [0.25, 0.3) is 0 Å². The number of amides is 1. The van der Waals surface area contributed by atoms with E-state index in [-0.39, 0.29) is 12.1 Å². The first-order valence-corrected chi connectivity index (χ1v) is 7.37. The molecule has 1 saturated heterocycles. The molecular formula is C16H24F2N2O2. The SMILES string of the molecule is CC(C)(C)OC(=O)NC1CCCNC1.Fc1ccc(F)cc1. The molecule has 0 spiro atoms. The van der Waals surface area contributed by atoms with Crippen molar-refractivity contribution in [1.82, 2.24) is 10.6 Å². The molecule has 2 N–H and O–H groups in total.